The van der Waals surface area contributed by atoms with Crippen LogP contribution < -0.4 is 10.1 Å². The summed E-state index contributed by atoms with van der Waals surface area (Å²) in [7, 11) is 0. The zero-order valence-electron chi connectivity index (χ0n) is 13.4. The van der Waals surface area contributed by atoms with Gasteiger partial charge in [-0.15, -0.1) is 0 Å². The van der Waals surface area contributed by atoms with Crippen LogP contribution in [0.1, 0.15) is 46.1 Å². The van der Waals surface area contributed by atoms with Gasteiger partial charge in [0.15, 0.2) is 0 Å². The zero-order valence-corrected chi connectivity index (χ0v) is 13.4. The molecule has 0 bridgehead atoms. The van der Waals surface area contributed by atoms with Crippen LogP contribution in [0, 0.1) is 0 Å². The molecule has 1 aromatic rings. The summed E-state index contributed by atoms with van der Waals surface area (Å²) in [6, 6.07) is 9.06. The highest BCUT2D eigenvalue weighted by atomic mass is 16.5. The maximum absolute atomic E-state index is 5.66. The first-order chi connectivity index (χ1) is 9.61. The minimum atomic E-state index is 0.587. The summed E-state index contributed by atoms with van der Waals surface area (Å²) in [5.41, 5.74) is 2.67. The Balaban J connectivity index is 2.33. The lowest BCUT2D eigenvalue weighted by atomic mass is 10.1. The Kier molecular flexibility index (Phi) is 8.05. The Morgan fingerprint density at radius 2 is 1.95 bits per heavy atom. The molecular weight excluding hydrogens is 246 g/mol. The number of allylic oxidation sites excluding steroid dienone is 1. The van der Waals surface area contributed by atoms with E-state index < -0.39 is 0 Å². The van der Waals surface area contributed by atoms with E-state index in [1.165, 1.54) is 24.0 Å². The quantitative estimate of drug-likeness (QED) is 0.676. The van der Waals surface area contributed by atoms with Crippen molar-refractivity contribution in [2.75, 3.05) is 13.2 Å². The first-order valence-electron chi connectivity index (χ1n) is 7.70. The van der Waals surface area contributed by atoms with Crippen molar-refractivity contribution in [3.63, 3.8) is 0 Å². The minimum Gasteiger partial charge on any atom is -0.490 e. The molecule has 0 aliphatic rings. The number of aryl methyl sites for hydroxylation is 1. The van der Waals surface area contributed by atoms with Gasteiger partial charge in [0.1, 0.15) is 12.4 Å². The molecule has 0 aliphatic carbocycles. The number of rotatable bonds is 9. The van der Waals surface area contributed by atoms with Gasteiger partial charge in [0.2, 0.25) is 0 Å². The second-order valence-corrected chi connectivity index (χ2v) is 5.63. The van der Waals surface area contributed by atoms with E-state index in [-0.39, 0.29) is 0 Å². The van der Waals surface area contributed by atoms with Crippen molar-refractivity contribution < 1.29 is 4.74 Å². The lowest BCUT2D eigenvalue weighted by Gasteiger charge is -2.13. The Hall–Kier alpha value is -1.28. The molecule has 0 fully saturated rings. The van der Waals surface area contributed by atoms with E-state index in [9.17, 15) is 0 Å². The van der Waals surface area contributed by atoms with E-state index in [0.29, 0.717) is 12.6 Å². The van der Waals surface area contributed by atoms with Crippen LogP contribution in [-0.2, 0) is 6.42 Å². The molecule has 2 nitrogen and oxygen atoms in total. The Bertz CT molecular complexity index is 390. The second-order valence-electron chi connectivity index (χ2n) is 5.63. The smallest absolute Gasteiger partial charge is 0.119 e. The Morgan fingerprint density at radius 3 is 2.55 bits per heavy atom. The molecule has 1 unspecified atom stereocenters. The third kappa shape index (κ3) is 7.34. The monoisotopic (exact) mass is 275 g/mol. The molecule has 0 aliphatic heterocycles. The van der Waals surface area contributed by atoms with E-state index in [2.05, 4.69) is 63.4 Å². The van der Waals surface area contributed by atoms with Gasteiger partial charge >= 0.3 is 0 Å². The van der Waals surface area contributed by atoms with Gasteiger partial charge in [-0.3, -0.25) is 0 Å². The van der Waals surface area contributed by atoms with Gasteiger partial charge in [-0.1, -0.05) is 24.6 Å². The van der Waals surface area contributed by atoms with Crippen LogP contribution in [0.3, 0.4) is 0 Å². The molecular formula is C18H29NO. The molecule has 20 heavy (non-hydrogen) atoms. The average Bonchev–Trinajstić information content (AvgIpc) is 2.44. The van der Waals surface area contributed by atoms with E-state index in [1.807, 2.05) is 0 Å². The van der Waals surface area contributed by atoms with Crippen LogP contribution in [0.5, 0.6) is 5.75 Å². The summed E-state index contributed by atoms with van der Waals surface area (Å²) in [5, 5.41) is 3.52. The van der Waals surface area contributed by atoms with E-state index in [4.69, 9.17) is 4.74 Å². The Morgan fingerprint density at radius 1 is 1.25 bits per heavy atom. The number of benzene rings is 1. The first kappa shape index (κ1) is 16.8. The molecule has 0 spiro atoms. The van der Waals surface area contributed by atoms with Crippen LogP contribution >= 0.6 is 0 Å². The molecule has 0 heterocycles. The molecule has 0 saturated heterocycles. The topological polar surface area (TPSA) is 21.3 Å². The van der Waals surface area contributed by atoms with Crippen molar-refractivity contribution in [2.24, 2.45) is 0 Å². The Labute approximate surface area is 124 Å². The van der Waals surface area contributed by atoms with Crippen molar-refractivity contribution in [3.05, 3.63) is 41.5 Å². The van der Waals surface area contributed by atoms with Crippen molar-refractivity contribution >= 4 is 0 Å². The zero-order chi connectivity index (χ0) is 14.8. The summed E-state index contributed by atoms with van der Waals surface area (Å²) in [6.45, 7) is 10.4. The van der Waals surface area contributed by atoms with Crippen LogP contribution in [0.4, 0.5) is 0 Å². The number of hydrogen-bond donors (Lipinski definition) is 1. The van der Waals surface area contributed by atoms with Crippen LogP contribution in [0.15, 0.2) is 35.9 Å². The molecule has 0 amide bonds. The lowest BCUT2D eigenvalue weighted by Crippen LogP contribution is -2.27. The molecule has 1 atom stereocenters. The van der Waals surface area contributed by atoms with Gasteiger partial charge in [-0.2, -0.15) is 0 Å². The summed E-state index contributed by atoms with van der Waals surface area (Å²) in [5.74, 6) is 0.948. The normalized spacial score (nSPS) is 12.0. The standard InChI is InChI=1S/C18H29NO/c1-5-13-19-16(4)6-7-17-8-10-18(11-9-17)20-14-12-15(2)3/h8-12,16,19H,5-7,13-14H2,1-4H3. The summed E-state index contributed by atoms with van der Waals surface area (Å²) < 4.78 is 5.66. The van der Waals surface area contributed by atoms with Gasteiger partial charge in [-0.25, -0.2) is 0 Å². The van der Waals surface area contributed by atoms with Crippen molar-refractivity contribution in [3.8, 4) is 5.75 Å². The van der Waals surface area contributed by atoms with Gasteiger partial charge in [-0.05, 0) is 70.4 Å². The van der Waals surface area contributed by atoms with E-state index in [0.717, 1.165) is 18.7 Å². The molecule has 1 N–H and O–H groups in total. The van der Waals surface area contributed by atoms with Crippen LogP contribution in [0.25, 0.3) is 0 Å². The van der Waals surface area contributed by atoms with Gasteiger partial charge in [0.25, 0.3) is 0 Å². The predicted octanol–water partition coefficient (Wildman–Crippen LogP) is 4.35. The first-order valence-corrected chi connectivity index (χ1v) is 7.70. The van der Waals surface area contributed by atoms with E-state index in [1.54, 1.807) is 0 Å². The van der Waals surface area contributed by atoms with Gasteiger partial charge in [0, 0.05) is 6.04 Å². The number of hydrogen-bond acceptors (Lipinski definition) is 2. The summed E-state index contributed by atoms with van der Waals surface area (Å²) in [6.07, 6.45) is 5.58. The second kappa shape index (κ2) is 9.60. The number of nitrogens with one attached hydrogen (secondary N) is 1. The predicted molar refractivity (Wildman–Crippen MR) is 87.4 cm³/mol. The third-order valence-electron chi connectivity index (χ3n) is 3.27. The molecule has 2 heteroatoms. The fourth-order valence-electron chi connectivity index (χ4n) is 1.93. The summed E-state index contributed by atoms with van der Waals surface area (Å²) in [4.78, 5) is 0. The summed E-state index contributed by atoms with van der Waals surface area (Å²) >= 11 is 0. The molecule has 0 saturated carbocycles. The molecule has 0 radical (unpaired) electrons. The van der Waals surface area contributed by atoms with Crippen LogP contribution in [0.2, 0.25) is 0 Å². The van der Waals surface area contributed by atoms with Crippen molar-refractivity contribution in [1.29, 1.82) is 0 Å². The minimum absolute atomic E-state index is 0.587. The maximum atomic E-state index is 5.66. The number of ether oxygens (including phenoxy) is 1. The molecule has 1 aromatic carbocycles. The highest BCUT2D eigenvalue weighted by Gasteiger charge is 2.01. The molecule has 112 valence electrons. The van der Waals surface area contributed by atoms with Gasteiger partial charge in [0.05, 0.1) is 0 Å². The van der Waals surface area contributed by atoms with Crippen molar-refractivity contribution in [1.82, 2.24) is 5.32 Å². The van der Waals surface area contributed by atoms with Gasteiger partial charge < -0.3 is 10.1 Å². The van der Waals surface area contributed by atoms with Crippen LogP contribution in [-0.4, -0.2) is 19.2 Å². The third-order valence-corrected chi connectivity index (χ3v) is 3.27. The highest BCUT2D eigenvalue weighted by molar-refractivity contribution is 5.27. The van der Waals surface area contributed by atoms with Crippen molar-refractivity contribution in [2.45, 2.75) is 53.0 Å². The molecule has 1 rings (SSSR count). The highest BCUT2D eigenvalue weighted by Crippen LogP contribution is 2.14. The fourth-order valence-corrected chi connectivity index (χ4v) is 1.93. The average molecular weight is 275 g/mol. The SMILES string of the molecule is CCCNC(C)CCc1ccc(OCC=C(C)C)cc1. The molecule has 0 aromatic heterocycles. The largest absolute Gasteiger partial charge is 0.490 e. The lowest BCUT2D eigenvalue weighted by molar-refractivity contribution is 0.362. The van der Waals surface area contributed by atoms with E-state index >= 15 is 0 Å². The maximum Gasteiger partial charge on any atom is 0.119 e. The fraction of sp³-hybridized carbons (Fsp3) is 0.556.